The Kier molecular flexibility index (Phi) is 2.28. The maximum atomic E-state index is 4.81. The number of anilines is 1. The lowest BCUT2D eigenvalue weighted by Gasteiger charge is -2.18. The Labute approximate surface area is 112 Å². The minimum atomic E-state index is 1.08. The highest BCUT2D eigenvalue weighted by Crippen LogP contribution is 2.34. The van der Waals surface area contributed by atoms with Crippen molar-refractivity contribution in [1.82, 2.24) is 9.97 Å². The van der Waals surface area contributed by atoms with Gasteiger partial charge in [-0.2, -0.15) is 0 Å². The molecule has 0 saturated carbocycles. The number of H-pyrrole nitrogens is 1. The van der Waals surface area contributed by atoms with Crippen molar-refractivity contribution in [2.75, 3.05) is 18.0 Å². The summed E-state index contributed by atoms with van der Waals surface area (Å²) in [6, 6.07) is 10.6. The van der Waals surface area contributed by atoms with Crippen LogP contribution in [0.3, 0.4) is 0 Å². The van der Waals surface area contributed by atoms with Crippen LogP contribution in [0.25, 0.3) is 21.8 Å². The third kappa shape index (κ3) is 1.61. The molecular weight excluding hydrogens is 234 g/mol. The number of benzene rings is 1. The zero-order chi connectivity index (χ0) is 12.8. The number of nitrogens with zero attached hydrogens (tertiary/aromatic N) is 2. The molecule has 0 spiro atoms. The Balaban J connectivity index is 2.09. The molecule has 0 aliphatic carbocycles. The van der Waals surface area contributed by atoms with Gasteiger partial charge in [0.2, 0.25) is 0 Å². The van der Waals surface area contributed by atoms with Gasteiger partial charge in [0.15, 0.2) is 0 Å². The summed E-state index contributed by atoms with van der Waals surface area (Å²) in [6.07, 6.45) is 2.55. The lowest BCUT2D eigenvalue weighted by Crippen LogP contribution is -2.19. The Hall–Kier alpha value is -2.03. The van der Waals surface area contributed by atoms with Crippen molar-refractivity contribution in [1.29, 1.82) is 0 Å². The number of pyridine rings is 1. The van der Waals surface area contributed by atoms with E-state index in [1.54, 1.807) is 0 Å². The van der Waals surface area contributed by atoms with E-state index in [0.29, 0.717) is 0 Å². The number of aryl methyl sites for hydroxylation is 1. The fourth-order valence-corrected chi connectivity index (χ4v) is 3.13. The molecule has 96 valence electrons. The topological polar surface area (TPSA) is 31.9 Å². The molecule has 0 bridgehead atoms. The third-order valence-electron chi connectivity index (χ3n) is 4.00. The minimum absolute atomic E-state index is 1.08. The molecule has 1 aliphatic heterocycles. The van der Waals surface area contributed by atoms with E-state index in [4.69, 9.17) is 4.98 Å². The van der Waals surface area contributed by atoms with E-state index >= 15 is 0 Å². The van der Waals surface area contributed by atoms with Gasteiger partial charge < -0.3 is 9.88 Å². The first-order valence-electron chi connectivity index (χ1n) is 6.96. The summed E-state index contributed by atoms with van der Waals surface area (Å²) < 4.78 is 0. The van der Waals surface area contributed by atoms with Crippen molar-refractivity contribution in [3.05, 3.63) is 36.0 Å². The van der Waals surface area contributed by atoms with Crippen LogP contribution in [-0.4, -0.2) is 23.1 Å². The number of aromatic nitrogens is 2. The van der Waals surface area contributed by atoms with Gasteiger partial charge in [0.25, 0.3) is 0 Å². The van der Waals surface area contributed by atoms with Crippen molar-refractivity contribution >= 4 is 27.6 Å². The van der Waals surface area contributed by atoms with Crippen LogP contribution >= 0.6 is 0 Å². The van der Waals surface area contributed by atoms with E-state index in [9.17, 15) is 0 Å². The van der Waals surface area contributed by atoms with Crippen LogP contribution < -0.4 is 4.90 Å². The highest BCUT2D eigenvalue weighted by atomic mass is 15.2. The minimum Gasteiger partial charge on any atom is -0.356 e. The van der Waals surface area contributed by atoms with Gasteiger partial charge in [-0.05, 0) is 31.9 Å². The molecule has 0 radical (unpaired) electrons. The molecule has 1 fully saturated rings. The number of para-hydroxylation sites is 1. The Morgan fingerprint density at radius 1 is 1.11 bits per heavy atom. The molecule has 1 N–H and O–H groups in total. The van der Waals surface area contributed by atoms with E-state index in [1.165, 1.54) is 34.6 Å². The molecule has 0 amide bonds. The molecule has 3 aromatic rings. The van der Waals surface area contributed by atoms with Crippen LogP contribution in [0.4, 0.5) is 5.82 Å². The second-order valence-corrected chi connectivity index (χ2v) is 5.37. The average molecular weight is 251 g/mol. The summed E-state index contributed by atoms with van der Waals surface area (Å²) in [5, 5.41) is 2.56. The van der Waals surface area contributed by atoms with E-state index < -0.39 is 0 Å². The van der Waals surface area contributed by atoms with Gasteiger partial charge in [0.05, 0.1) is 5.52 Å². The molecule has 1 aromatic carbocycles. The number of fused-ring (bicyclic) bond motifs is 3. The zero-order valence-electron chi connectivity index (χ0n) is 11.1. The summed E-state index contributed by atoms with van der Waals surface area (Å²) in [5.74, 6) is 1.16. The molecule has 1 aliphatic rings. The third-order valence-corrected chi connectivity index (χ3v) is 4.00. The zero-order valence-corrected chi connectivity index (χ0v) is 11.1. The highest BCUT2D eigenvalue weighted by molar-refractivity contribution is 6.12. The van der Waals surface area contributed by atoms with Crippen LogP contribution in [-0.2, 0) is 0 Å². The van der Waals surface area contributed by atoms with Crippen molar-refractivity contribution in [2.45, 2.75) is 19.8 Å². The number of nitrogens with one attached hydrogen (secondary N) is 1. The van der Waals surface area contributed by atoms with Crippen LogP contribution in [0, 0.1) is 6.92 Å². The molecule has 0 atom stereocenters. The first-order valence-corrected chi connectivity index (χ1v) is 6.96. The molecule has 3 nitrogen and oxygen atoms in total. The number of aromatic amines is 1. The first kappa shape index (κ1) is 10.9. The van der Waals surface area contributed by atoms with Crippen molar-refractivity contribution in [3.8, 4) is 0 Å². The van der Waals surface area contributed by atoms with Gasteiger partial charge in [0, 0.05) is 35.1 Å². The molecule has 1 saturated heterocycles. The SMILES string of the molecule is Cc1cc2[nH]c3ccccc3c2c(N2CCCC2)n1. The molecule has 2 aromatic heterocycles. The van der Waals surface area contributed by atoms with Gasteiger partial charge >= 0.3 is 0 Å². The molecule has 3 heterocycles. The normalized spacial score (nSPS) is 15.7. The average Bonchev–Trinajstić information content (AvgIpc) is 3.04. The molecule has 19 heavy (non-hydrogen) atoms. The predicted molar refractivity (Wildman–Crippen MR) is 79.8 cm³/mol. The van der Waals surface area contributed by atoms with Crippen LogP contribution in [0.2, 0.25) is 0 Å². The van der Waals surface area contributed by atoms with E-state index in [1.807, 2.05) is 0 Å². The maximum Gasteiger partial charge on any atom is 0.138 e. The fraction of sp³-hybridized carbons (Fsp3) is 0.312. The standard InChI is InChI=1S/C16H17N3/c1-11-10-14-15(12-6-2-3-7-13(12)18-14)16(17-11)19-8-4-5-9-19/h2-3,6-7,10,18H,4-5,8-9H2,1H3. The molecule has 4 rings (SSSR count). The van der Waals surface area contributed by atoms with Crippen molar-refractivity contribution < 1.29 is 0 Å². The molecular formula is C16H17N3. The Bertz CT molecular complexity index is 751. The van der Waals surface area contributed by atoms with E-state index in [-0.39, 0.29) is 0 Å². The van der Waals surface area contributed by atoms with Gasteiger partial charge in [-0.1, -0.05) is 18.2 Å². The Morgan fingerprint density at radius 2 is 1.89 bits per heavy atom. The Morgan fingerprint density at radius 3 is 2.74 bits per heavy atom. The van der Waals surface area contributed by atoms with Crippen LogP contribution in [0.5, 0.6) is 0 Å². The monoisotopic (exact) mass is 251 g/mol. The summed E-state index contributed by atoms with van der Waals surface area (Å²) in [5.41, 5.74) is 3.49. The largest absolute Gasteiger partial charge is 0.356 e. The second-order valence-electron chi connectivity index (χ2n) is 5.37. The van der Waals surface area contributed by atoms with Gasteiger partial charge in [0.1, 0.15) is 5.82 Å². The number of rotatable bonds is 1. The fourth-order valence-electron chi connectivity index (χ4n) is 3.13. The van der Waals surface area contributed by atoms with Gasteiger partial charge in [-0.15, -0.1) is 0 Å². The summed E-state index contributed by atoms with van der Waals surface area (Å²) in [7, 11) is 0. The lowest BCUT2D eigenvalue weighted by molar-refractivity contribution is 0.939. The number of hydrogen-bond acceptors (Lipinski definition) is 2. The first-order chi connectivity index (χ1) is 9.33. The van der Waals surface area contributed by atoms with E-state index in [2.05, 4.69) is 47.1 Å². The predicted octanol–water partition coefficient (Wildman–Crippen LogP) is 3.62. The van der Waals surface area contributed by atoms with Gasteiger partial charge in [-0.3, -0.25) is 0 Å². The summed E-state index contributed by atoms with van der Waals surface area (Å²) in [6.45, 7) is 4.33. The maximum absolute atomic E-state index is 4.81. The van der Waals surface area contributed by atoms with Crippen molar-refractivity contribution in [3.63, 3.8) is 0 Å². The smallest absolute Gasteiger partial charge is 0.138 e. The molecule has 0 unspecified atom stereocenters. The number of hydrogen-bond donors (Lipinski definition) is 1. The van der Waals surface area contributed by atoms with Crippen LogP contribution in [0.1, 0.15) is 18.5 Å². The summed E-state index contributed by atoms with van der Waals surface area (Å²) in [4.78, 5) is 10.8. The van der Waals surface area contributed by atoms with Crippen LogP contribution in [0.15, 0.2) is 30.3 Å². The van der Waals surface area contributed by atoms with Crippen molar-refractivity contribution in [2.24, 2.45) is 0 Å². The summed E-state index contributed by atoms with van der Waals surface area (Å²) >= 11 is 0. The second kappa shape index (κ2) is 3.98. The quantitative estimate of drug-likeness (QED) is 0.716. The van der Waals surface area contributed by atoms with Gasteiger partial charge in [-0.25, -0.2) is 4.98 Å². The highest BCUT2D eigenvalue weighted by Gasteiger charge is 2.19. The van der Waals surface area contributed by atoms with E-state index in [0.717, 1.165) is 24.6 Å². The molecule has 3 heteroatoms. The lowest BCUT2D eigenvalue weighted by atomic mass is 10.1.